The van der Waals surface area contributed by atoms with Gasteiger partial charge in [-0.05, 0) is 76.9 Å². The molecule has 0 aliphatic carbocycles. The van der Waals surface area contributed by atoms with E-state index in [9.17, 15) is 0 Å². The van der Waals surface area contributed by atoms with Crippen molar-refractivity contribution >= 4 is 0 Å². The molecule has 0 aliphatic heterocycles. The molecule has 0 aliphatic rings. The highest BCUT2D eigenvalue weighted by Crippen LogP contribution is 2.31. The van der Waals surface area contributed by atoms with Gasteiger partial charge in [0.25, 0.3) is 0 Å². The van der Waals surface area contributed by atoms with Crippen LogP contribution in [0.4, 0.5) is 0 Å². The molecule has 0 fully saturated rings. The van der Waals surface area contributed by atoms with Crippen LogP contribution in [0.25, 0.3) is 45.8 Å². The van der Waals surface area contributed by atoms with Crippen molar-refractivity contribution in [3.63, 3.8) is 0 Å². The minimum absolute atomic E-state index is 0.0931. The summed E-state index contributed by atoms with van der Waals surface area (Å²) in [5, 5.41) is 17.0. The molecule has 0 bridgehead atoms. The molecule has 0 amide bonds. The second-order valence-corrected chi connectivity index (χ2v) is 11.0. The normalized spacial score (nSPS) is 12.2. The standard InChI is InChI=1S/C31H32N4O2/c1-7-31(5,6)25-18-14-23(15-19-25)29-35-33-27(37-29)21-10-8-20(9-11-21)26-32-34-28(36-26)22-12-16-24(17-13-22)30(2,3)4/h8-19H,7H2,1-6H3. The predicted molar refractivity (Wildman–Crippen MR) is 146 cm³/mol. The topological polar surface area (TPSA) is 77.8 Å². The highest BCUT2D eigenvalue weighted by molar-refractivity contribution is 5.64. The Labute approximate surface area is 217 Å². The van der Waals surface area contributed by atoms with Gasteiger partial charge in [-0.15, -0.1) is 20.4 Å². The first-order valence-corrected chi connectivity index (χ1v) is 12.6. The Morgan fingerprint density at radius 2 is 0.784 bits per heavy atom. The van der Waals surface area contributed by atoms with Crippen LogP contribution in [0.2, 0.25) is 0 Å². The number of hydrogen-bond donors (Lipinski definition) is 0. The summed E-state index contributed by atoms with van der Waals surface area (Å²) in [6.07, 6.45) is 1.07. The van der Waals surface area contributed by atoms with Crippen LogP contribution >= 0.6 is 0 Å². The molecule has 5 aromatic rings. The SMILES string of the molecule is CCC(C)(C)c1ccc(-c2nnc(-c3ccc(-c4nnc(-c5ccc(C(C)(C)C)cc5)o4)cc3)o2)cc1. The predicted octanol–water partition coefficient (Wildman–Crippen LogP) is 8.11. The van der Waals surface area contributed by atoms with Gasteiger partial charge in [-0.2, -0.15) is 0 Å². The van der Waals surface area contributed by atoms with Gasteiger partial charge in [-0.25, -0.2) is 0 Å². The fourth-order valence-electron chi connectivity index (χ4n) is 4.05. The maximum absolute atomic E-state index is 5.97. The van der Waals surface area contributed by atoms with E-state index in [1.807, 2.05) is 48.5 Å². The van der Waals surface area contributed by atoms with Crippen LogP contribution in [-0.2, 0) is 10.8 Å². The number of hydrogen-bond acceptors (Lipinski definition) is 6. The van der Waals surface area contributed by atoms with E-state index in [2.05, 4.69) is 86.2 Å². The zero-order valence-corrected chi connectivity index (χ0v) is 22.2. The lowest BCUT2D eigenvalue weighted by atomic mass is 9.82. The third-order valence-electron chi connectivity index (χ3n) is 7.02. The third kappa shape index (κ3) is 5.10. The summed E-state index contributed by atoms with van der Waals surface area (Å²) in [5.41, 5.74) is 6.22. The number of nitrogens with zero attached hydrogens (tertiary/aromatic N) is 4. The first-order valence-electron chi connectivity index (χ1n) is 12.6. The van der Waals surface area contributed by atoms with E-state index in [-0.39, 0.29) is 10.8 Å². The zero-order chi connectivity index (χ0) is 26.2. The summed E-state index contributed by atoms with van der Waals surface area (Å²) in [6.45, 7) is 13.3. The van der Waals surface area contributed by atoms with Crippen molar-refractivity contribution in [3.8, 4) is 45.8 Å². The maximum Gasteiger partial charge on any atom is 0.248 e. The van der Waals surface area contributed by atoms with E-state index in [0.29, 0.717) is 23.6 Å². The number of aromatic nitrogens is 4. The molecule has 0 radical (unpaired) electrons. The molecule has 6 nitrogen and oxygen atoms in total. The lowest BCUT2D eigenvalue weighted by Crippen LogP contribution is -2.14. The second-order valence-electron chi connectivity index (χ2n) is 11.0. The molecule has 0 atom stereocenters. The van der Waals surface area contributed by atoms with Gasteiger partial charge in [0.2, 0.25) is 23.6 Å². The Balaban J connectivity index is 1.31. The summed E-state index contributed by atoms with van der Waals surface area (Å²) in [7, 11) is 0. The Bertz CT molecular complexity index is 1490. The first-order chi connectivity index (χ1) is 17.6. The summed E-state index contributed by atoms with van der Waals surface area (Å²) >= 11 is 0. The Hall–Kier alpha value is -4.06. The molecule has 0 N–H and O–H groups in total. The summed E-state index contributed by atoms with van der Waals surface area (Å²) in [5.74, 6) is 1.92. The van der Waals surface area contributed by atoms with Gasteiger partial charge in [-0.3, -0.25) is 0 Å². The largest absolute Gasteiger partial charge is 0.416 e. The van der Waals surface area contributed by atoms with Crippen LogP contribution in [0, 0.1) is 0 Å². The van der Waals surface area contributed by atoms with Crippen molar-refractivity contribution < 1.29 is 8.83 Å². The van der Waals surface area contributed by atoms with Crippen molar-refractivity contribution in [3.05, 3.63) is 83.9 Å². The minimum Gasteiger partial charge on any atom is -0.416 e. The molecule has 37 heavy (non-hydrogen) atoms. The molecule has 0 saturated carbocycles. The monoisotopic (exact) mass is 492 g/mol. The molecule has 5 rings (SSSR count). The quantitative estimate of drug-likeness (QED) is 0.238. The van der Waals surface area contributed by atoms with Gasteiger partial charge in [0.1, 0.15) is 0 Å². The molecule has 0 spiro atoms. The Kier molecular flexibility index (Phi) is 6.28. The van der Waals surface area contributed by atoms with Gasteiger partial charge in [0.15, 0.2) is 0 Å². The van der Waals surface area contributed by atoms with Crippen LogP contribution < -0.4 is 0 Å². The molecule has 2 heterocycles. The van der Waals surface area contributed by atoms with Crippen molar-refractivity contribution in [1.82, 2.24) is 20.4 Å². The Morgan fingerprint density at radius 3 is 1.08 bits per heavy atom. The van der Waals surface area contributed by atoms with E-state index in [1.165, 1.54) is 11.1 Å². The lowest BCUT2D eigenvalue weighted by Gasteiger charge is -2.23. The molecule has 0 unspecified atom stereocenters. The zero-order valence-electron chi connectivity index (χ0n) is 22.2. The molecular weight excluding hydrogens is 460 g/mol. The fourth-order valence-corrected chi connectivity index (χ4v) is 4.05. The van der Waals surface area contributed by atoms with Gasteiger partial charge in [-0.1, -0.05) is 65.8 Å². The summed E-state index contributed by atoms with van der Waals surface area (Å²) in [4.78, 5) is 0. The molecule has 2 aromatic heterocycles. The number of benzene rings is 3. The van der Waals surface area contributed by atoms with Crippen molar-refractivity contribution in [2.75, 3.05) is 0 Å². The average Bonchev–Trinajstić information content (AvgIpc) is 3.59. The highest BCUT2D eigenvalue weighted by atomic mass is 16.4. The first kappa shape index (κ1) is 24.6. The second kappa shape index (κ2) is 9.43. The van der Waals surface area contributed by atoms with E-state index >= 15 is 0 Å². The number of rotatable bonds is 6. The van der Waals surface area contributed by atoms with E-state index in [4.69, 9.17) is 8.83 Å². The van der Waals surface area contributed by atoms with E-state index in [0.717, 1.165) is 28.7 Å². The van der Waals surface area contributed by atoms with Crippen LogP contribution in [-0.4, -0.2) is 20.4 Å². The Morgan fingerprint density at radius 1 is 0.486 bits per heavy atom. The average molecular weight is 493 g/mol. The van der Waals surface area contributed by atoms with Crippen molar-refractivity contribution in [2.24, 2.45) is 0 Å². The van der Waals surface area contributed by atoms with Crippen LogP contribution in [0.1, 0.15) is 59.1 Å². The fraction of sp³-hybridized carbons (Fsp3) is 0.290. The molecule has 0 saturated heterocycles. The van der Waals surface area contributed by atoms with E-state index in [1.54, 1.807) is 0 Å². The van der Waals surface area contributed by atoms with Crippen LogP contribution in [0.3, 0.4) is 0 Å². The van der Waals surface area contributed by atoms with Crippen molar-refractivity contribution in [1.29, 1.82) is 0 Å². The van der Waals surface area contributed by atoms with Gasteiger partial charge in [0, 0.05) is 22.3 Å². The lowest BCUT2D eigenvalue weighted by molar-refractivity contribution is 0.506. The third-order valence-corrected chi connectivity index (χ3v) is 7.02. The molecule has 6 heteroatoms. The molecule has 188 valence electrons. The summed E-state index contributed by atoms with van der Waals surface area (Å²) < 4.78 is 11.9. The van der Waals surface area contributed by atoms with Crippen LogP contribution in [0.5, 0.6) is 0 Å². The molecular formula is C31H32N4O2. The molecule has 3 aromatic carbocycles. The van der Waals surface area contributed by atoms with Crippen LogP contribution in [0.15, 0.2) is 81.6 Å². The van der Waals surface area contributed by atoms with Gasteiger partial charge < -0.3 is 8.83 Å². The highest BCUT2D eigenvalue weighted by Gasteiger charge is 2.19. The minimum atomic E-state index is 0.0931. The smallest absolute Gasteiger partial charge is 0.248 e. The maximum atomic E-state index is 5.97. The van der Waals surface area contributed by atoms with Crippen molar-refractivity contribution in [2.45, 2.75) is 58.8 Å². The van der Waals surface area contributed by atoms with Gasteiger partial charge in [0.05, 0.1) is 0 Å². The van der Waals surface area contributed by atoms with Gasteiger partial charge >= 0.3 is 0 Å². The van der Waals surface area contributed by atoms with E-state index < -0.39 is 0 Å². The summed E-state index contributed by atoms with van der Waals surface area (Å²) in [6, 6.07) is 24.3.